The van der Waals surface area contributed by atoms with Crippen LogP contribution in [-0.4, -0.2) is 24.0 Å². The molecule has 1 amide bonds. The Morgan fingerprint density at radius 1 is 1.25 bits per heavy atom. The number of aromatic nitrogens is 1. The summed E-state index contributed by atoms with van der Waals surface area (Å²) in [5.41, 5.74) is 1.46. The molecule has 1 aliphatic heterocycles. The molecule has 7 heteroatoms. The molecule has 0 saturated heterocycles. The standard InChI is InChI=1S/C17H16F3N3O/c18-17(19,20)12-5-6-14(22-9-12)16(24)23-10-15-13-4-2-1-3-11(13)7-8-21-15/h1-6,9,15,21H,7-8,10H2,(H,23,24). The summed E-state index contributed by atoms with van der Waals surface area (Å²) in [6.45, 7) is 1.16. The average molecular weight is 335 g/mol. The van der Waals surface area contributed by atoms with Gasteiger partial charge in [-0.25, -0.2) is 0 Å². The van der Waals surface area contributed by atoms with Crippen molar-refractivity contribution in [3.63, 3.8) is 0 Å². The number of carbonyl (C=O) groups excluding carboxylic acids is 1. The summed E-state index contributed by atoms with van der Waals surface area (Å²) in [6, 6.07) is 9.91. The number of nitrogens with zero attached hydrogens (tertiary/aromatic N) is 1. The number of halogens is 3. The molecule has 1 unspecified atom stereocenters. The van der Waals surface area contributed by atoms with Gasteiger partial charge < -0.3 is 10.6 Å². The first-order valence-corrected chi connectivity index (χ1v) is 7.58. The Morgan fingerprint density at radius 3 is 2.75 bits per heavy atom. The molecule has 0 radical (unpaired) electrons. The minimum absolute atomic E-state index is 0.0200. The van der Waals surface area contributed by atoms with E-state index in [-0.39, 0.29) is 11.7 Å². The molecule has 1 aromatic carbocycles. The van der Waals surface area contributed by atoms with Gasteiger partial charge in [0.1, 0.15) is 5.69 Å². The van der Waals surface area contributed by atoms with Gasteiger partial charge in [-0.3, -0.25) is 9.78 Å². The lowest BCUT2D eigenvalue weighted by atomic mass is 9.94. The smallest absolute Gasteiger partial charge is 0.349 e. The van der Waals surface area contributed by atoms with E-state index in [1.54, 1.807) is 0 Å². The summed E-state index contributed by atoms with van der Waals surface area (Å²) in [4.78, 5) is 15.7. The van der Waals surface area contributed by atoms with Gasteiger partial charge in [0.15, 0.2) is 0 Å². The van der Waals surface area contributed by atoms with E-state index in [0.29, 0.717) is 12.7 Å². The maximum Gasteiger partial charge on any atom is 0.417 e. The van der Waals surface area contributed by atoms with Crippen molar-refractivity contribution in [1.29, 1.82) is 0 Å². The molecule has 0 aliphatic carbocycles. The lowest BCUT2D eigenvalue weighted by Gasteiger charge is -2.27. The fraction of sp³-hybridized carbons (Fsp3) is 0.294. The SMILES string of the molecule is O=C(NCC1NCCc2ccccc21)c1ccc(C(F)(F)F)cn1. The quantitative estimate of drug-likeness (QED) is 0.907. The van der Waals surface area contributed by atoms with Crippen molar-refractivity contribution in [2.24, 2.45) is 0 Å². The van der Waals surface area contributed by atoms with Crippen LogP contribution >= 0.6 is 0 Å². The van der Waals surface area contributed by atoms with Crippen LogP contribution in [0.1, 0.15) is 33.2 Å². The van der Waals surface area contributed by atoms with Gasteiger partial charge in [-0.2, -0.15) is 13.2 Å². The highest BCUT2D eigenvalue weighted by molar-refractivity contribution is 5.92. The maximum absolute atomic E-state index is 12.5. The number of fused-ring (bicyclic) bond motifs is 1. The second kappa shape index (κ2) is 6.60. The molecule has 4 nitrogen and oxygen atoms in total. The molecule has 24 heavy (non-hydrogen) atoms. The first-order valence-electron chi connectivity index (χ1n) is 7.58. The minimum Gasteiger partial charge on any atom is -0.349 e. The zero-order chi connectivity index (χ0) is 17.2. The second-order valence-electron chi connectivity index (χ2n) is 5.60. The first-order chi connectivity index (χ1) is 11.4. The van der Waals surface area contributed by atoms with E-state index in [2.05, 4.69) is 21.7 Å². The number of pyridine rings is 1. The number of hydrogen-bond acceptors (Lipinski definition) is 3. The zero-order valence-corrected chi connectivity index (χ0v) is 12.7. The van der Waals surface area contributed by atoms with Gasteiger partial charge in [0.25, 0.3) is 5.91 Å². The van der Waals surface area contributed by atoms with Crippen molar-refractivity contribution in [3.8, 4) is 0 Å². The summed E-state index contributed by atoms with van der Waals surface area (Å²) in [5, 5.41) is 6.05. The van der Waals surface area contributed by atoms with Crippen LogP contribution in [0.3, 0.4) is 0 Å². The van der Waals surface area contributed by atoms with Gasteiger partial charge in [-0.1, -0.05) is 24.3 Å². The van der Waals surface area contributed by atoms with Crippen LogP contribution in [0.4, 0.5) is 13.2 Å². The first kappa shape index (κ1) is 16.4. The Balaban J connectivity index is 1.64. The fourth-order valence-electron chi connectivity index (χ4n) is 2.76. The normalized spacial score (nSPS) is 17.2. The topological polar surface area (TPSA) is 54.0 Å². The molecule has 1 atom stereocenters. The van der Waals surface area contributed by atoms with Crippen LogP contribution in [0.25, 0.3) is 0 Å². The van der Waals surface area contributed by atoms with E-state index in [4.69, 9.17) is 0 Å². The summed E-state index contributed by atoms with van der Waals surface area (Å²) in [5.74, 6) is -0.492. The summed E-state index contributed by atoms with van der Waals surface area (Å²) in [7, 11) is 0. The predicted octanol–water partition coefficient (Wildman–Crippen LogP) is 2.72. The van der Waals surface area contributed by atoms with Crippen molar-refractivity contribution in [3.05, 3.63) is 65.0 Å². The molecule has 2 aromatic rings. The number of alkyl halides is 3. The number of benzene rings is 1. The summed E-state index contributed by atoms with van der Waals surface area (Å²) >= 11 is 0. The Labute approximate surface area is 137 Å². The van der Waals surface area contributed by atoms with Crippen molar-refractivity contribution in [2.45, 2.75) is 18.6 Å². The van der Waals surface area contributed by atoms with E-state index >= 15 is 0 Å². The Kier molecular flexibility index (Phi) is 4.53. The van der Waals surface area contributed by atoms with Gasteiger partial charge in [-0.15, -0.1) is 0 Å². The highest BCUT2D eigenvalue weighted by atomic mass is 19.4. The van der Waals surface area contributed by atoms with E-state index in [1.807, 2.05) is 18.2 Å². The third-order valence-corrected chi connectivity index (χ3v) is 4.01. The van der Waals surface area contributed by atoms with Crippen LogP contribution in [0.2, 0.25) is 0 Å². The highest BCUT2D eigenvalue weighted by Crippen LogP contribution is 2.28. The van der Waals surface area contributed by atoms with Crippen LogP contribution < -0.4 is 10.6 Å². The highest BCUT2D eigenvalue weighted by Gasteiger charge is 2.31. The van der Waals surface area contributed by atoms with Gasteiger partial charge in [0, 0.05) is 18.8 Å². The van der Waals surface area contributed by atoms with Crippen molar-refractivity contribution in [2.75, 3.05) is 13.1 Å². The molecule has 1 aliphatic rings. The number of carbonyl (C=O) groups is 1. The monoisotopic (exact) mass is 335 g/mol. The summed E-state index contributed by atoms with van der Waals surface area (Å²) in [6.07, 6.45) is -2.86. The van der Waals surface area contributed by atoms with Crippen LogP contribution in [0, 0.1) is 0 Å². The molecular formula is C17H16F3N3O. The minimum atomic E-state index is -4.46. The predicted molar refractivity (Wildman–Crippen MR) is 82.5 cm³/mol. The number of amides is 1. The summed E-state index contributed by atoms with van der Waals surface area (Å²) < 4.78 is 37.5. The second-order valence-corrected chi connectivity index (χ2v) is 5.60. The lowest BCUT2D eigenvalue weighted by Crippen LogP contribution is -2.39. The molecule has 1 aromatic heterocycles. The lowest BCUT2D eigenvalue weighted by molar-refractivity contribution is -0.137. The largest absolute Gasteiger partial charge is 0.417 e. The van der Waals surface area contributed by atoms with Crippen molar-refractivity contribution >= 4 is 5.91 Å². The maximum atomic E-state index is 12.5. The molecule has 2 heterocycles. The van der Waals surface area contributed by atoms with Gasteiger partial charge in [0.05, 0.1) is 5.56 Å². The molecule has 0 fully saturated rings. The molecule has 0 saturated carbocycles. The number of rotatable bonds is 3. The number of hydrogen-bond donors (Lipinski definition) is 2. The Morgan fingerprint density at radius 2 is 2.04 bits per heavy atom. The molecular weight excluding hydrogens is 319 g/mol. The average Bonchev–Trinajstić information content (AvgIpc) is 2.59. The molecule has 2 N–H and O–H groups in total. The van der Waals surface area contributed by atoms with Crippen LogP contribution in [0.15, 0.2) is 42.6 Å². The van der Waals surface area contributed by atoms with E-state index in [9.17, 15) is 18.0 Å². The van der Waals surface area contributed by atoms with Gasteiger partial charge in [0.2, 0.25) is 0 Å². The van der Waals surface area contributed by atoms with Crippen molar-refractivity contribution in [1.82, 2.24) is 15.6 Å². The molecule has 0 spiro atoms. The Hall–Kier alpha value is -2.41. The third kappa shape index (κ3) is 3.56. The van der Waals surface area contributed by atoms with E-state index in [1.165, 1.54) is 5.56 Å². The fourth-order valence-corrected chi connectivity index (χ4v) is 2.76. The van der Waals surface area contributed by atoms with Crippen LogP contribution in [0.5, 0.6) is 0 Å². The number of nitrogens with one attached hydrogen (secondary N) is 2. The molecule has 3 rings (SSSR count). The van der Waals surface area contributed by atoms with E-state index < -0.39 is 17.6 Å². The molecule has 0 bridgehead atoms. The molecule has 126 valence electrons. The Bertz CT molecular complexity index is 729. The van der Waals surface area contributed by atoms with E-state index in [0.717, 1.165) is 30.7 Å². The van der Waals surface area contributed by atoms with Crippen molar-refractivity contribution < 1.29 is 18.0 Å². The van der Waals surface area contributed by atoms with Crippen LogP contribution in [-0.2, 0) is 12.6 Å². The zero-order valence-electron chi connectivity index (χ0n) is 12.7. The third-order valence-electron chi connectivity index (χ3n) is 4.01. The van der Waals surface area contributed by atoms with Gasteiger partial charge in [-0.05, 0) is 36.2 Å². The van der Waals surface area contributed by atoms with Gasteiger partial charge >= 0.3 is 6.18 Å².